The quantitative estimate of drug-likeness (QED) is 0.451. The second kappa shape index (κ2) is 10.0. The minimum absolute atomic E-state index is 0. The van der Waals surface area contributed by atoms with Crippen LogP contribution in [0.2, 0.25) is 0 Å². The molecule has 0 aromatic heterocycles. The van der Waals surface area contributed by atoms with Gasteiger partial charge in [-0.15, -0.1) is 24.0 Å². The van der Waals surface area contributed by atoms with E-state index in [4.69, 9.17) is 0 Å². The van der Waals surface area contributed by atoms with Crippen LogP contribution >= 0.6 is 24.0 Å². The van der Waals surface area contributed by atoms with Crippen molar-refractivity contribution in [3.8, 4) is 0 Å². The zero-order chi connectivity index (χ0) is 15.1. The number of aliphatic imine (C=N–C) groups is 1. The molecule has 0 aliphatic carbocycles. The first-order chi connectivity index (χ1) is 10.2. The Bertz CT molecular complexity index is 475. The number of hydrogen-bond acceptors (Lipinski definition) is 2. The molecule has 1 aromatic rings. The Kier molecular flexibility index (Phi) is 8.78. The number of nitrogens with one attached hydrogen (secondary N) is 2. The Labute approximate surface area is 151 Å². The molecule has 2 N–H and O–H groups in total. The van der Waals surface area contributed by atoms with Crippen LogP contribution in [0.3, 0.4) is 0 Å². The van der Waals surface area contributed by atoms with Gasteiger partial charge < -0.3 is 15.5 Å². The number of benzene rings is 1. The summed E-state index contributed by atoms with van der Waals surface area (Å²) in [6.45, 7) is 6.35. The van der Waals surface area contributed by atoms with Crippen LogP contribution in [-0.2, 0) is 6.54 Å². The van der Waals surface area contributed by atoms with Gasteiger partial charge in [-0.3, -0.25) is 4.99 Å². The van der Waals surface area contributed by atoms with Gasteiger partial charge in [0.2, 0.25) is 0 Å². The number of guanidine groups is 1. The van der Waals surface area contributed by atoms with Crippen LogP contribution in [0.5, 0.6) is 0 Å². The standard InChI is InChI=1S/C17H28N4.HI/c1-14-6-4-7-15(10-14)11-19-17(18-2)20-12-16-8-5-9-21(3)13-16;/h4,6-7,10,16H,5,8-9,11-13H2,1-3H3,(H2,18,19,20);1H. The number of likely N-dealkylation sites (tertiary alicyclic amines) is 1. The van der Waals surface area contributed by atoms with Crippen LogP contribution in [0.25, 0.3) is 0 Å². The minimum Gasteiger partial charge on any atom is -0.356 e. The number of rotatable bonds is 4. The summed E-state index contributed by atoms with van der Waals surface area (Å²) in [5, 5.41) is 6.85. The number of halogens is 1. The molecule has 2 rings (SSSR count). The van der Waals surface area contributed by atoms with Crippen molar-refractivity contribution >= 4 is 29.9 Å². The molecule has 5 heteroatoms. The zero-order valence-corrected chi connectivity index (χ0v) is 16.3. The molecule has 1 aliphatic heterocycles. The number of piperidine rings is 1. The van der Waals surface area contributed by atoms with Crippen molar-refractivity contribution < 1.29 is 0 Å². The highest BCUT2D eigenvalue weighted by Gasteiger charge is 2.17. The lowest BCUT2D eigenvalue weighted by atomic mass is 9.99. The molecule has 0 radical (unpaired) electrons. The van der Waals surface area contributed by atoms with E-state index in [9.17, 15) is 0 Å². The SMILES string of the molecule is CN=C(NCc1cccc(C)c1)NCC1CCCN(C)C1.I. The van der Waals surface area contributed by atoms with Crippen molar-refractivity contribution in [2.45, 2.75) is 26.3 Å². The minimum atomic E-state index is 0. The fourth-order valence-corrected chi connectivity index (χ4v) is 2.91. The average molecular weight is 416 g/mol. The molecule has 4 nitrogen and oxygen atoms in total. The van der Waals surface area contributed by atoms with Gasteiger partial charge >= 0.3 is 0 Å². The molecule has 0 bridgehead atoms. The van der Waals surface area contributed by atoms with E-state index < -0.39 is 0 Å². The normalized spacial score (nSPS) is 19.4. The lowest BCUT2D eigenvalue weighted by molar-refractivity contribution is 0.210. The third-order valence-corrected chi connectivity index (χ3v) is 4.05. The molecule has 1 heterocycles. The van der Waals surface area contributed by atoms with Crippen LogP contribution in [0.1, 0.15) is 24.0 Å². The smallest absolute Gasteiger partial charge is 0.191 e. The van der Waals surface area contributed by atoms with Crippen LogP contribution < -0.4 is 10.6 Å². The van der Waals surface area contributed by atoms with Gasteiger partial charge in [-0.2, -0.15) is 0 Å². The number of hydrogen-bond donors (Lipinski definition) is 2. The molecule has 1 aliphatic rings. The molecule has 22 heavy (non-hydrogen) atoms. The van der Waals surface area contributed by atoms with E-state index in [0.717, 1.165) is 25.0 Å². The van der Waals surface area contributed by atoms with Crippen molar-refractivity contribution in [1.82, 2.24) is 15.5 Å². The second-order valence-electron chi connectivity index (χ2n) is 6.07. The highest BCUT2D eigenvalue weighted by Crippen LogP contribution is 2.13. The Morgan fingerprint density at radius 1 is 1.36 bits per heavy atom. The van der Waals surface area contributed by atoms with E-state index in [2.05, 4.69) is 58.8 Å². The molecule has 0 amide bonds. The first-order valence-electron chi connectivity index (χ1n) is 7.86. The molecule has 1 saturated heterocycles. The lowest BCUT2D eigenvalue weighted by Crippen LogP contribution is -2.43. The first kappa shape index (κ1) is 19.2. The fraction of sp³-hybridized carbons (Fsp3) is 0.588. The fourth-order valence-electron chi connectivity index (χ4n) is 2.91. The molecule has 1 aromatic carbocycles. The Morgan fingerprint density at radius 2 is 2.18 bits per heavy atom. The summed E-state index contributed by atoms with van der Waals surface area (Å²) in [7, 11) is 4.04. The van der Waals surface area contributed by atoms with E-state index in [1.165, 1.54) is 37.1 Å². The summed E-state index contributed by atoms with van der Waals surface area (Å²) < 4.78 is 0. The molecule has 1 unspecified atom stereocenters. The summed E-state index contributed by atoms with van der Waals surface area (Å²) in [6.07, 6.45) is 2.62. The maximum Gasteiger partial charge on any atom is 0.191 e. The Morgan fingerprint density at radius 3 is 2.86 bits per heavy atom. The molecular formula is C17H29IN4. The maximum absolute atomic E-state index is 4.31. The average Bonchev–Trinajstić information content (AvgIpc) is 2.47. The third-order valence-electron chi connectivity index (χ3n) is 4.05. The van der Waals surface area contributed by atoms with Gasteiger partial charge in [-0.05, 0) is 44.8 Å². The molecule has 1 atom stereocenters. The van der Waals surface area contributed by atoms with E-state index >= 15 is 0 Å². The monoisotopic (exact) mass is 416 g/mol. The van der Waals surface area contributed by atoms with Crippen molar-refractivity contribution in [2.75, 3.05) is 33.7 Å². The van der Waals surface area contributed by atoms with E-state index in [1.807, 2.05) is 7.05 Å². The molecule has 1 fully saturated rings. The summed E-state index contributed by atoms with van der Waals surface area (Å²) >= 11 is 0. The molecule has 0 saturated carbocycles. The van der Waals surface area contributed by atoms with Crippen LogP contribution in [0.15, 0.2) is 29.3 Å². The van der Waals surface area contributed by atoms with E-state index in [1.54, 1.807) is 0 Å². The summed E-state index contributed by atoms with van der Waals surface area (Å²) in [6, 6.07) is 8.57. The van der Waals surface area contributed by atoms with Crippen LogP contribution in [-0.4, -0.2) is 44.6 Å². The van der Waals surface area contributed by atoms with Gasteiger partial charge in [0.05, 0.1) is 0 Å². The van der Waals surface area contributed by atoms with E-state index in [-0.39, 0.29) is 24.0 Å². The lowest BCUT2D eigenvalue weighted by Gasteiger charge is -2.30. The van der Waals surface area contributed by atoms with Gasteiger partial charge in [0.15, 0.2) is 5.96 Å². The summed E-state index contributed by atoms with van der Waals surface area (Å²) in [4.78, 5) is 6.73. The topological polar surface area (TPSA) is 39.7 Å². The van der Waals surface area contributed by atoms with Crippen molar-refractivity contribution in [1.29, 1.82) is 0 Å². The van der Waals surface area contributed by atoms with E-state index in [0.29, 0.717) is 0 Å². The molecule has 124 valence electrons. The predicted octanol–water partition coefficient (Wildman–Crippen LogP) is 2.62. The van der Waals surface area contributed by atoms with Gasteiger partial charge in [0.25, 0.3) is 0 Å². The predicted molar refractivity (Wildman–Crippen MR) is 105 cm³/mol. The number of nitrogens with zero attached hydrogens (tertiary/aromatic N) is 2. The van der Waals surface area contributed by atoms with Crippen LogP contribution in [0.4, 0.5) is 0 Å². The van der Waals surface area contributed by atoms with Gasteiger partial charge in [-0.25, -0.2) is 0 Å². The van der Waals surface area contributed by atoms with Crippen LogP contribution in [0, 0.1) is 12.8 Å². The highest BCUT2D eigenvalue weighted by molar-refractivity contribution is 14.0. The van der Waals surface area contributed by atoms with Crippen molar-refractivity contribution in [2.24, 2.45) is 10.9 Å². The highest BCUT2D eigenvalue weighted by atomic mass is 127. The third kappa shape index (κ3) is 6.52. The molecule has 0 spiro atoms. The number of aryl methyl sites for hydroxylation is 1. The largest absolute Gasteiger partial charge is 0.356 e. The van der Waals surface area contributed by atoms with Crippen molar-refractivity contribution in [3.63, 3.8) is 0 Å². The first-order valence-corrected chi connectivity index (χ1v) is 7.86. The Hall–Kier alpha value is -0.820. The van der Waals surface area contributed by atoms with Gasteiger partial charge in [0, 0.05) is 26.7 Å². The summed E-state index contributed by atoms with van der Waals surface area (Å²) in [5.74, 6) is 1.62. The maximum atomic E-state index is 4.31. The van der Waals surface area contributed by atoms with Gasteiger partial charge in [0.1, 0.15) is 0 Å². The van der Waals surface area contributed by atoms with Gasteiger partial charge in [-0.1, -0.05) is 29.8 Å². The second-order valence-corrected chi connectivity index (χ2v) is 6.07. The molecular weight excluding hydrogens is 387 g/mol. The zero-order valence-electron chi connectivity index (χ0n) is 13.9. The Balaban J connectivity index is 0.00000242. The van der Waals surface area contributed by atoms with Crippen molar-refractivity contribution in [3.05, 3.63) is 35.4 Å². The summed E-state index contributed by atoms with van der Waals surface area (Å²) in [5.41, 5.74) is 2.58.